The second-order valence-electron chi connectivity index (χ2n) is 4.09. The lowest BCUT2D eigenvalue weighted by molar-refractivity contribution is 0.0343. The van der Waals surface area contributed by atoms with Gasteiger partial charge in [0.2, 0.25) is 0 Å². The van der Waals surface area contributed by atoms with Gasteiger partial charge in [-0.1, -0.05) is 12.1 Å². The highest BCUT2D eigenvalue weighted by atomic mass is 16.5. The van der Waals surface area contributed by atoms with Gasteiger partial charge < -0.3 is 10.5 Å². The summed E-state index contributed by atoms with van der Waals surface area (Å²) in [6.07, 6.45) is 0. The number of hydrogen-bond acceptors (Lipinski definition) is 3. The van der Waals surface area contributed by atoms with Crippen molar-refractivity contribution >= 4 is 5.69 Å². The molecule has 0 unspecified atom stereocenters. The average molecular weight is 206 g/mol. The summed E-state index contributed by atoms with van der Waals surface area (Å²) in [5, 5.41) is 0. The van der Waals surface area contributed by atoms with E-state index in [0.29, 0.717) is 0 Å². The number of rotatable bonds is 2. The SMILES string of the molecule is Cc1ccc(CN2CCOCC2)c(N)c1. The predicted octanol–water partition coefficient (Wildman–Crippen LogP) is 1.41. The fourth-order valence-corrected chi connectivity index (χ4v) is 1.86. The zero-order valence-corrected chi connectivity index (χ0v) is 9.20. The van der Waals surface area contributed by atoms with Crippen LogP contribution in [0.2, 0.25) is 0 Å². The Balaban J connectivity index is 2.03. The van der Waals surface area contributed by atoms with Gasteiger partial charge in [-0.3, -0.25) is 4.90 Å². The molecule has 1 aromatic rings. The fourth-order valence-electron chi connectivity index (χ4n) is 1.86. The van der Waals surface area contributed by atoms with Crippen molar-refractivity contribution < 1.29 is 4.74 Å². The number of benzene rings is 1. The molecule has 1 aliphatic rings. The minimum atomic E-state index is 0.839. The van der Waals surface area contributed by atoms with Crippen molar-refractivity contribution in [3.05, 3.63) is 29.3 Å². The van der Waals surface area contributed by atoms with Crippen LogP contribution in [0.3, 0.4) is 0 Å². The van der Waals surface area contributed by atoms with Crippen molar-refractivity contribution in [2.75, 3.05) is 32.0 Å². The second kappa shape index (κ2) is 4.64. The number of anilines is 1. The highest BCUT2D eigenvalue weighted by Gasteiger charge is 2.11. The molecule has 15 heavy (non-hydrogen) atoms. The van der Waals surface area contributed by atoms with E-state index in [1.807, 2.05) is 6.07 Å². The van der Waals surface area contributed by atoms with Gasteiger partial charge in [0.1, 0.15) is 0 Å². The Morgan fingerprint density at radius 1 is 1.33 bits per heavy atom. The molecule has 1 aromatic carbocycles. The summed E-state index contributed by atoms with van der Waals surface area (Å²) in [7, 11) is 0. The number of morpholine rings is 1. The molecule has 0 atom stereocenters. The monoisotopic (exact) mass is 206 g/mol. The Bertz CT molecular complexity index is 332. The Labute approximate surface area is 90.8 Å². The lowest BCUT2D eigenvalue weighted by Gasteiger charge is -2.27. The minimum Gasteiger partial charge on any atom is -0.398 e. The zero-order chi connectivity index (χ0) is 10.7. The predicted molar refractivity (Wildman–Crippen MR) is 61.7 cm³/mol. The van der Waals surface area contributed by atoms with Gasteiger partial charge in [0.05, 0.1) is 13.2 Å². The second-order valence-corrected chi connectivity index (χ2v) is 4.09. The molecule has 3 nitrogen and oxygen atoms in total. The number of aryl methyl sites for hydroxylation is 1. The maximum atomic E-state index is 5.98. The quantitative estimate of drug-likeness (QED) is 0.744. The van der Waals surface area contributed by atoms with Gasteiger partial charge in [0.25, 0.3) is 0 Å². The van der Waals surface area contributed by atoms with E-state index in [4.69, 9.17) is 10.5 Å². The van der Waals surface area contributed by atoms with E-state index in [1.54, 1.807) is 0 Å². The first kappa shape index (κ1) is 10.5. The maximum Gasteiger partial charge on any atom is 0.0594 e. The number of hydrogen-bond donors (Lipinski definition) is 1. The first-order valence-corrected chi connectivity index (χ1v) is 5.41. The summed E-state index contributed by atoms with van der Waals surface area (Å²) >= 11 is 0. The van der Waals surface area contributed by atoms with Gasteiger partial charge in [-0.2, -0.15) is 0 Å². The molecule has 3 heteroatoms. The Morgan fingerprint density at radius 3 is 2.73 bits per heavy atom. The Morgan fingerprint density at radius 2 is 2.07 bits per heavy atom. The van der Waals surface area contributed by atoms with E-state index in [9.17, 15) is 0 Å². The molecule has 1 fully saturated rings. The molecule has 0 aromatic heterocycles. The molecule has 0 saturated carbocycles. The molecule has 2 N–H and O–H groups in total. The number of nitrogens with zero attached hydrogens (tertiary/aromatic N) is 1. The van der Waals surface area contributed by atoms with E-state index in [0.717, 1.165) is 38.5 Å². The van der Waals surface area contributed by atoms with Crippen molar-refractivity contribution in [1.82, 2.24) is 4.90 Å². The summed E-state index contributed by atoms with van der Waals surface area (Å²) in [5.41, 5.74) is 9.33. The van der Waals surface area contributed by atoms with Crippen molar-refractivity contribution in [2.45, 2.75) is 13.5 Å². The summed E-state index contributed by atoms with van der Waals surface area (Å²) in [5.74, 6) is 0. The summed E-state index contributed by atoms with van der Waals surface area (Å²) in [6, 6.07) is 6.28. The van der Waals surface area contributed by atoms with Crippen molar-refractivity contribution in [2.24, 2.45) is 0 Å². The van der Waals surface area contributed by atoms with Crippen LogP contribution in [-0.2, 0) is 11.3 Å². The molecule has 0 amide bonds. The number of nitrogens with two attached hydrogens (primary N) is 1. The molecule has 82 valence electrons. The third-order valence-electron chi connectivity index (χ3n) is 2.80. The van der Waals surface area contributed by atoms with Crippen LogP contribution in [0.1, 0.15) is 11.1 Å². The molecule has 0 radical (unpaired) electrons. The van der Waals surface area contributed by atoms with E-state index in [2.05, 4.69) is 24.0 Å². The Hall–Kier alpha value is -1.06. The van der Waals surface area contributed by atoms with Crippen LogP contribution in [0.4, 0.5) is 5.69 Å². The molecular weight excluding hydrogens is 188 g/mol. The Kier molecular flexibility index (Phi) is 3.23. The lowest BCUT2D eigenvalue weighted by Crippen LogP contribution is -2.35. The largest absolute Gasteiger partial charge is 0.398 e. The van der Waals surface area contributed by atoms with E-state index < -0.39 is 0 Å². The van der Waals surface area contributed by atoms with Crippen LogP contribution < -0.4 is 5.73 Å². The number of nitrogen functional groups attached to an aromatic ring is 1. The van der Waals surface area contributed by atoms with Crippen LogP contribution in [-0.4, -0.2) is 31.2 Å². The summed E-state index contributed by atoms with van der Waals surface area (Å²) < 4.78 is 5.31. The smallest absolute Gasteiger partial charge is 0.0594 e. The molecular formula is C12H18N2O. The average Bonchev–Trinajstić information content (AvgIpc) is 2.24. The molecule has 1 heterocycles. The summed E-state index contributed by atoms with van der Waals surface area (Å²) in [4.78, 5) is 2.38. The zero-order valence-electron chi connectivity index (χ0n) is 9.20. The van der Waals surface area contributed by atoms with Gasteiger partial charge in [0.15, 0.2) is 0 Å². The van der Waals surface area contributed by atoms with Crippen LogP contribution in [0.5, 0.6) is 0 Å². The molecule has 0 aliphatic carbocycles. The van der Waals surface area contributed by atoms with Crippen LogP contribution in [0.25, 0.3) is 0 Å². The summed E-state index contributed by atoms with van der Waals surface area (Å²) in [6.45, 7) is 6.70. The third-order valence-corrected chi connectivity index (χ3v) is 2.80. The molecule has 0 bridgehead atoms. The topological polar surface area (TPSA) is 38.5 Å². The van der Waals surface area contributed by atoms with Crippen LogP contribution in [0, 0.1) is 6.92 Å². The molecule has 2 rings (SSSR count). The highest BCUT2D eigenvalue weighted by Crippen LogP contribution is 2.16. The standard InChI is InChI=1S/C12H18N2O/c1-10-2-3-11(12(13)8-10)9-14-4-6-15-7-5-14/h2-3,8H,4-7,9,13H2,1H3. The van der Waals surface area contributed by atoms with Crippen molar-refractivity contribution in [1.29, 1.82) is 0 Å². The van der Waals surface area contributed by atoms with Crippen LogP contribution in [0.15, 0.2) is 18.2 Å². The molecule has 1 aliphatic heterocycles. The van der Waals surface area contributed by atoms with Gasteiger partial charge >= 0.3 is 0 Å². The highest BCUT2D eigenvalue weighted by molar-refractivity contribution is 5.48. The van der Waals surface area contributed by atoms with Gasteiger partial charge in [-0.05, 0) is 24.1 Å². The van der Waals surface area contributed by atoms with Crippen LogP contribution >= 0.6 is 0 Å². The van der Waals surface area contributed by atoms with Crippen molar-refractivity contribution in [3.63, 3.8) is 0 Å². The van der Waals surface area contributed by atoms with E-state index >= 15 is 0 Å². The van der Waals surface area contributed by atoms with E-state index in [-0.39, 0.29) is 0 Å². The van der Waals surface area contributed by atoms with E-state index in [1.165, 1.54) is 11.1 Å². The van der Waals surface area contributed by atoms with Gasteiger partial charge in [-0.15, -0.1) is 0 Å². The van der Waals surface area contributed by atoms with Gasteiger partial charge in [-0.25, -0.2) is 0 Å². The minimum absolute atomic E-state index is 0.839. The maximum absolute atomic E-state index is 5.98. The normalized spacial score (nSPS) is 17.9. The van der Waals surface area contributed by atoms with Crippen molar-refractivity contribution in [3.8, 4) is 0 Å². The lowest BCUT2D eigenvalue weighted by atomic mass is 10.1. The molecule has 1 saturated heterocycles. The fraction of sp³-hybridized carbons (Fsp3) is 0.500. The third kappa shape index (κ3) is 2.70. The number of ether oxygens (including phenoxy) is 1. The first-order valence-electron chi connectivity index (χ1n) is 5.41. The first-order chi connectivity index (χ1) is 7.25. The molecule has 0 spiro atoms. The van der Waals surface area contributed by atoms with Gasteiger partial charge in [0, 0.05) is 25.3 Å².